The lowest BCUT2D eigenvalue weighted by Crippen LogP contribution is -2.00. The van der Waals surface area contributed by atoms with E-state index in [4.69, 9.17) is 4.74 Å². The molecule has 3 heteroatoms. The van der Waals surface area contributed by atoms with Crippen LogP contribution in [0.4, 0.5) is 5.69 Å². The van der Waals surface area contributed by atoms with Gasteiger partial charge in [0.15, 0.2) is 0 Å². The zero-order chi connectivity index (χ0) is 9.26. The summed E-state index contributed by atoms with van der Waals surface area (Å²) in [6.07, 6.45) is 2.89. The summed E-state index contributed by atoms with van der Waals surface area (Å²) in [4.78, 5) is 0. The van der Waals surface area contributed by atoms with Crippen molar-refractivity contribution in [1.82, 2.24) is 0 Å². The van der Waals surface area contributed by atoms with Crippen molar-refractivity contribution in [3.63, 3.8) is 0 Å². The third kappa shape index (κ3) is 2.07. The molecule has 0 atom stereocenters. The SMILES string of the molecule is CNc1cccc(OC2CC2)c1I. The molecule has 13 heavy (non-hydrogen) atoms. The van der Waals surface area contributed by atoms with Crippen LogP contribution >= 0.6 is 22.6 Å². The van der Waals surface area contributed by atoms with Crippen molar-refractivity contribution in [2.45, 2.75) is 18.9 Å². The van der Waals surface area contributed by atoms with Crippen LogP contribution in [-0.2, 0) is 0 Å². The van der Waals surface area contributed by atoms with Gasteiger partial charge in [-0.25, -0.2) is 0 Å². The third-order valence-electron chi connectivity index (χ3n) is 2.05. The number of halogens is 1. The van der Waals surface area contributed by atoms with Crippen LogP contribution in [0.15, 0.2) is 18.2 Å². The van der Waals surface area contributed by atoms with E-state index in [-0.39, 0.29) is 0 Å². The molecule has 1 saturated carbocycles. The highest BCUT2D eigenvalue weighted by molar-refractivity contribution is 14.1. The standard InChI is InChI=1S/C10H12INO/c1-12-8-3-2-4-9(10(8)11)13-7-5-6-7/h2-4,7,12H,5-6H2,1H3. The van der Waals surface area contributed by atoms with Gasteiger partial charge in [-0.1, -0.05) is 6.07 Å². The van der Waals surface area contributed by atoms with Gasteiger partial charge in [0.1, 0.15) is 5.75 Å². The monoisotopic (exact) mass is 289 g/mol. The van der Waals surface area contributed by atoms with Crippen molar-refractivity contribution in [2.75, 3.05) is 12.4 Å². The van der Waals surface area contributed by atoms with Gasteiger partial charge in [0, 0.05) is 7.05 Å². The topological polar surface area (TPSA) is 21.3 Å². The molecule has 1 aromatic carbocycles. The number of anilines is 1. The lowest BCUT2D eigenvalue weighted by atomic mass is 10.3. The van der Waals surface area contributed by atoms with Crippen molar-refractivity contribution in [2.24, 2.45) is 0 Å². The van der Waals surface area contributed by atoms with Crippen molar-refractivity contribution in [1.29, 1.82) is 0 Å². The summed E-state index contributed by atoms with van der Waals surface area (Å²) in [5.74, 6) is 1.01. The maximum Gasteiger partial charge on any atom is 0.135 e. The van der Waals surface area contributed by atoms with E-state index < -0.39 is 0 Å². The average molecular weight is 289 g/mol. The molecular weight excluding hydrogens is 277 g/mol. The first-order chi connectivity index (χ1) is 6.31. The highest BCUT2D eigenvalue weighted by atomic mass is 127. The lowest BCUT2D eigenvalue weighted by molar-refractivity contribution is 0.301. The number of hydrogen-bond donors (Lipinski definition) is 1. The highest BCUT2D eigenvalue weighted by Gasteiger charge is 2.24. The molecule has 1 aliphatic rings. The number of rotatable bonds is 3. The minimum atomic E-state index is 0.473. The molecule has 0 bridgehead atoms. The maximum atomic E-state index is 5.75. The maximum absolute atomic E-state index is 5.75. The Labute approximate surface area is 91.8 Å². The van der Waals surface area contributed by atoms with E-state index in [9.17, 15) is 0 Å². The number of benzene rings is 1. The Bertz CT molecular complexity index is 310. The van der Waals surface area contributed by atoms with Gasteiger partial charge in [0.2, 0.25) is 0 Å². The van der Waals surface area contributed by atoms with Crippen LogP contribution in [0.5, 0.6) is 5.75 Å². The Morgan fingerprint density at radius 1 is 1.46 bits per heavy atom. The Kier molecular flexibility index (Phi) is 2.62. The minimum absolute atomic E-state index is 0.473. The molecule has 0 aromatic heterocycles. The second kappa shape index (κ2) is 3.74. The van der Waals surface area contributed by atoms with Crippen LogP contribution in [0.25, 0.3) is 0 Å². The summed E-state index contributed by atoms with van der Waals surface area (Å²) in [6, 6.07) is 6.11. The van der Waals surface area contributed by atoms with Crippen LogP contribution in [0.1, 0.15) is 12.8 Å². The fourth-order valence-electron chi connectivity index (χ4n) is 1.16. The highest BCUT2D eigenvalue weighted by Crippen LogP contribution is 2.33. The van der Waals surface area contributed by atoms with E-state index in [2.05, 4.69) is 34.0 Å². The van der Waals surface area contributed by atoms with Gasteiger partial charge in [-0.3, -0.25) is 0 Å². The van der Waals surface area contributed by atoms with Gasteiger partial charge in [-0.15, -0.1) is 0 Å². The molecule has 1 N–H and O–H groups in total. The predicted octanol–water partition coefficient (Wildman–Crippen LogP) is 2.87. The lowest BCUT2D eigenvalue weighted by Gasteiger charge is -2.10. The molecule has 2 rings (SSSR count). The summed E-state index contributed by atoms with van der Waals surface area (Å²) in [7, 11) is 1.93. The second-order valence-electron chi connectivity index (χ2n) is 3.18. The van der Waals surface area contributed by atoms with E-state index in [1.165, 1.54) is 16.4 Å². The van der Waals surface area contributed by atoms with Crippen LogP contribution in [0, 0.1) is 3.57 Å². The van der Waals surface area contributed by atoms with Crippen molar-refractivity contribution >= 4 is 28.3 Å². The molecule has 0 amide bonds. The fourth-order valence-corrected chi connectivity index (χ4v) is 1.92. The van der Waals surface area contributed by atoms with Crippen molar-refractivity contribution < 1.29 is 4.74 Å². The third-order valence-corrected chi connectivity index (χ3v) is 3.16. The average Bonchev–Trinajstić information content (AvgIpc) is 2.92. The first-order valence-electron chi connectivity index (χ1n) is 4.44. The second-order valence-corrected chi connectivity index (χ2v) is 4.26. The van der Waals surface area contributed by atoms with E-state index in [0.717, 1.165) is 11.4 Å². The van der Waals surface area contributed by atoms with Gasteiger partial charge in [-0.05, 0) is 47.6 Å². The van der Waals surface area contributed by atoms with E-state index in [0.29, 0.717) is 6.10 Å². The molecule has 70 valence electrons. The van der Waals surface area contributed by atoms with E-state index in [1.54, 1.807) is 0 Å². The van der Waals surface area contributed by atoms with Crippen LogP contribution in [0.2, 0.25) is 0 Å². The molecule has 1 aliphatic carbocycles. The summed E-state index contributed by atoms with van der Waals surface area (Å²) in [5, 5.41) is 3.14. The van der Waals surface area contributed by atoms with Crippen molar-refractivity contribution in [3.05, 3.63) is 21.8 Å². The number of nitrogens with one attached hydrogen (secondary N) is 1. The molecule has 0 spiro atoms. The van der Waals surface area contributed by atoms with E-state index in [1.807, 2.05) is 19.2 Å². The summed E-state index contributed by atoms with van der Waals surface area (Å²) < 4.78 is 6.93. The molecule has 0 saturated heterocycles. The summed E-state index contributed by atoms with van der Waals surface area (Å²) in [6.45, 7) is 0. The van der Waals surface area contributed by atoms with Crippen LogP contribution in [0.3, 0.4) is 0 Å². The summed E-state index contributed by atoms with van der Waals surface area (Å²) in [5.41, 5.74) is 1.14. The molecule has 0 unspecified atom stereocenters. The first-order valence-corrected chi connectivity index (χ1v) is 5.52. The smallest absolute Gasteiger partial charge is 0.135 e. The molecule has 0 heterocycles. The quantitative estimate of drug-likeness (QED) is 0.864. The van der Waals surface area contributed by atoms with Crippen LogP contribution < -0.4 is 10.1 Å². The van der Waals surface area contributed by atoms with Gasteiger partial charge in [0.05, 0.1) is 15.4 Å². The number of ether oxygens (including phenoxy) is 1. The fraction of sp³-hybridized carbons (Fsp3) is 0.400. The predicted molar refractivity (Wildman–Crippen MR) is 62.4 cm³/mol. The largest absolute Gasteiger partial charge is 0.489 e. The number of hydrogen-bond acceptors (Lipinski definition) is 2. The molecule has 0 aliphatic heterocycles. The van der Waals surface area contributed by atoms with Crippen LogP contribution in [-0.4, -0.2) is 13.2 Å². The summed E-state index contributed by atoms with van der Waals surface area (Å²) >= 11 is 2.31. The van der Waals surface area contributed by atoms with Gasteiger partial charge >= 0.3 is 0 Å². The molecule has 0 radical (unpaired) electrons. The Morgan fingerprint density at radius 2 is 2.23 bits per heavy atom. The molecular formula is C10H12INO. The van der Waals surface area contributed by atoms with Gasteiger partial charge in [0.25, 0.3) is 0 Å². The zero-order valence-electron chi connectivity index (χ0n) is 7.51. The van der Waals surface area contributed by atoms with Gasteiger partial charge in [-0.2, -0.15) is 0 Å². The first kappa shape index (κ1) is 9.12. The Hall–Kier alpha value is -0.450. The minimum Gasteiger partial charge on any atom is -0.489 e. The normalized spacial score (nSPS) is 15.5. The Balaban J connectivity index is 2.22. The van der Waals surface area contributed by atoms with Crippen molar-refractivity contribution in [3.8, 4) is 5.75 Å². The van der Waals surface area contributed by atoms with E-state index >= 15 is 0 Å². The Morgan fingerprint density at radius 3 is 2.85 bits per heavy atom. The molecule has 1 fully saturated rings. The molecule has 1 aromatic rings. The zero-order valence-corrected chi connectivity index (χ0v) is 9.67. The molecule has 2 nitrogen and oxygen atoms in total. The van der Waals surface area contributed by atoms with Gasteiger partial charge < -0.3 is 10.1 Å².